The first kappa shape index (κ1) is 21.3. The van der Waals surface area contributed by atoms with Gasteiger partial charge in [0, 0.05) is 17.6 Å². The van der Waals surface area contributed by atoms with E-state index < -0.39 is 17.6 Å². The van der Waals surface area contributed by atoms with E-state index in [1.165, 1.54) is 24.4 Å². The van der Waals surface area contributed by atoms with Gasteiger partial charge in [-0.25, -0.2) is 4.68 Å². The second-order valence-electron chi connectivity index (χ2n) is 6.78. The lowest BCUT2D eigenvalue weighted by Gasteiger charge is -2.30. The molecule has 11 heteroatoms. The Morgan fingerprint density at radius 2 is 1.84 bits per heavy atom. The molecule has 0 spiro atoms. The number of hydrogen-bond donors (Lipinski definition) is 1. The smallest absolute Gasteiger partial charge is 0.378 e. The molecule has 3 aromatic rings. The number of carbonyl (C=O) groups excluding carboxylic acids is 1. The van der Waals surface area contributed by atoms with Crippen LogP contribution in [0.1, 0.15) is 16.1 Å². The fourth-order valence-electron chi connectivity index (χ4n) is 3.27. The molecule has 0 aliphatic carbocycles. The van der Waals surface area contributed by atoms with Crippen molar-refractivity contribution in [3.63, 3.8) is 0 Å². The third kappa shape index (κ3) is 4.72. The maximum Gasteiger partial charge on any atom is 0.418 e. The standard InChI is InChI=1S/C20H17BrF3N5O2/c21-13-5-6-18(28-7-9-31-10-8-28)15(11-13)25-19(30)16-12-29(27-26-16)17-4-2-1-3-14(17)20(22,23)24/h1-6,11-12H,7-10H2,(H,25,30). The van der Waals surface area contributed by atoms with Gasteiger partial charge in [-0.2, -0.15) is 13.2 Å². The lowest BCUT2D eigenvalue weighted by Crippen LogP contribution is -2.36. The van der Waals surface area contributed by atoms with Crippen LogP contribution in [-0.2, 0) is 10.9 Å². The SMILES string of the molecule is O=C(Nc1cc(Br)ccc1N1CCOCC1)c1cn(-c2ccccc2C(F)(F)F)nn1. The third-order valence-electron chi connectivity index (χ3n) is 4.74. The summed E-state index contributed by atoms with van der Waals surface area (Å²) in [4.78, 5) is 14.9. The quantitative estimate of drug-likeness (QED) is 0.588. The maximum atomic E-state index is 13.3. The van der Waals surface area contributed by atoms with E-state index in [1.54, 1.807) is 6.07 Å². The van der Waals surface area contributed by atoms with Gasteiger partial charge in [0.15, 0.2) is 5.69 Å². The zero-order valence-electron chi connectivity index (χ0n) is 16.1. The fourth-order valence-corrected chi connectivity index (χ4v) is 3.63. The Kier molecular flexibility index (Phi) is 5.96. The van der Waals surface area contributed by atoms with Crippen LogP contribution < -0.4 is 10.2 Å². The molecule has 2 aromatic carbocycles. The minimum absolute atomic E-state index is 0.107. The van der Waals surface area contributed by atoms with Gasteiger partial charge in [0.2, 0.25) is 0 Å². The number of aromatic nitrogens is 3. The van der Waals surface area contributed by atoms with Crippen LogP contribution in [0, 0.1) is 0 Å². The number of anilines is 2. The molecule has 1 saturated heterocycles. The molecular weight excluding hydrogens is 479 g/mol. The molecule has 0 saturated carbocycles. The second kappa shape index (κ2) is 8.67. The van der Waals surface area contributed by atoms with E-state index in [-0.39, 0.29) is 11.4 Å². The van der Waals surface area contributed by atoms with Gasteiger partial charge in [-0.3, -0.25) is 4.79 Å². The summed E-state index contributed by atoms with van der Waals surface area (Å²) in [5, 5.41) is 10.3. The minimum Gasteiger partial charge on any atom is -0.378 e. The third-order valence-corrected chi connectivity index (χ3v) is 5.23. The molecule has 1 amide bonds. The Morgan fingerprint density at radius 1 is 1.10 bits per heavy atom. The predicted octanol–water partition coefficient (Wildman–Crippen LogP) is 4.14. The monoisotopic (exact) mass is 495 g/mol. The largest absolute Gasteiger partial charge is 0.418 e. The summed E-state index contributed by atoms with van der Waals surface area (Å²) in [5.74, 6) is -0.580. The molecule has 1 aliphatic rings. The van der Waals surface area contributed by atoms with Crippen LogP contribution >= 0.6 is 15.9 Å². The summed E-state index contributed by atoms with van der Waals surface area (Å²) in [6, 6.07) is 10.5. The van der Waals surface area contributed by atoms with Crippen molar-refractivity contribution in [2.75, 3.05) is 36.5 Å². The molecule has 1 aliphatic heterocycles. The molecular formula is C20H17BrF3N5O2. The van der Waals surface area contributed by atoms with Crippen LogP contribution in [0.15, 0.2) is 53.1 Å². The number of nitrogens with one attached hydrogen (secondary N) is 1. The maximum absolute atomic E-state index is 13.3. The topological polar surface area (TPSA) is 72.3 Å². The first-order valence-corrected chi connectivity index (χ1v) is 10.1. The lowest BCUT2D eigenvalue weighted by molar-refractivity contribution is -0.137. The molecule has 31 heavy (non-hydrogen) atoms. The number of nitrogens with zero attached hydrogens (tertiary/aromatic N) is 4. The Labute approximate surface area is 183 Å². The molecule has 1 aromatic heterocycles. The van der Waals surface area contributed by atoms with E-state index >= 15 is 0 Å². The zero-order valence-corrected chi connectivity index (χ0v) is 17.7. The van der Waals surface area contributed by atoms with Crippen LogP contribution in [0.3, 0.4) is 0 Å². The number of rotatable bonds is 4. The molecule has 0 radical (unpaired) electrons. The average Bonchev–Trinajstić information content (AvgIpc) is 3.24. The van der Waals surface area contributed by atoms with Crippen molar-refractivity contribution in [3.05, 3.63) is 64.4 Å². The van der Waals surface area contributed by atoms with Gasteiger partial charge in [0.1, 0.15) is 0 Å². The summed E-state index contributed by atoms with van der Waals surface area (Å²) < 4.78 is 46.9. The predicted molar refractivity (Wildman–Crippen MR) is 111 cm³/mol. The molecule has 162 valence electrons. The van der Waals surface area contributed by atoms with Crippen LogP contribution in [0.2, 0.25) is 0 Å². The van der Waals surface area contributed by atoms with Gasteiger partial charge in [0.05, 0.1) is 42.0 Å². The number of morpholine rings is 1. The van der Waals surface area contributed by atoms with Crippen LogP contribution in [0.5, 0.6) is 0 Å². The van der Waals surface area contributed by atoms with Gasteiger partial charge >= 0.3 is 6.18 Å². The van der Waals surface area contributed by atoms with Crippen molar-refractivity contribution in [1.29, 1.82) is 0 Å². The number of benzene rings is 2. The summed E-state index contributed by atoms with van der Waals surface area (Å²) in [7, 11) is 0. The molecule has 0 bridgehead atoms. The number of alkyl halides is 3. The van der Waals surface area contributed by atoms with Gasteiger partial charge in [0.25, 0.3) is 5.91 Å². The fraction of sp³-hybridized carbons (Fsp3) is 0.250. The van der Waals surface area contributed by atoms with Crippen molar-refractivity contribution >= 4 is 33.2 Å². The number of para-hydroxylation sites is 1. The van der Waals surface area contributed by atoms with E-state index in [0.717, 1.165) is 20.9 Å². The van der Waals surface area contributed by atoms with Gasteiger partial charge in [-0.15, -0.1) is 5.10 Å². The van der Waals surface area contributed by atoms with Gasteiger partial charge in [-0.1, -0.05) is 33.3 Å². The molecule has 1 fully saturated rings. The van der Waals surface area contributed by atoms with Crippen molar-refractivity contribution in [1.82, 2.24) is 15.0 Å². The first-order valence-electron chi connectivity index (χ1n) is 9.35. The Balaban J connectivity index is 1.59. The van der Waals surface area contributed by atoms with E-state index in [1.807, 2.05) is 12.1 Å². The number of halogens is 4. The number of hydrogen-bond acceptors (Lipinski definition) is 5. The number of carbonyl (C=O) groups is 1. The molecule has 0 unspecified atom stereocenters. The van der Waals surface area contributed by atoms with Gasteiger partial charge < -0.3 is 15.0 Å². The lowest BCUT2D eigenvalue weighted by atomic mass is 10.1. The average molecular weight is 496 g/mol. The Morgan fingerprint density at radius 3 is 2.58 bits per heavy atom. The highest BCUT2D eigenvalue weighted by atomic mass is 79.9. The molecule has 7 nitrogen and oxygen atoms in total. The highest BCUT2D eigenvalue weighted by Gasteiger charge is 2.34. The Bertz CT molecular complexity index is 1100. The second-order valence-corrected chi connectivity index (χ2v) is 7.69. The van der Waals surface area contributed by atoms with Crippen LogP contribution in [0.25, 0.3) is 5.69 Å². The van der Waals surface area contributed by atoms with Crippen LogP contribution in [0.4, 0.5) is 24.5 Å². The highest BCUT2D eigenvalue weighted by Crippen LogP contribution is 2.34. The van der Waals surface area contributed by atoms with Gasteiger partial charge in [-0.05, 0) is 30.3 Å². The molecule has 1 N–H and O–H groups in total. The van der Waals surface area contributed by atoms with Crippen molar-refractivity contribution in [2.45, 2.75) is 6.18 Å². The minimum atomic E-state index is -4.56. The molecule has 0 atom stereocenters. The summed E-state index contributed by atoms with van der Waals surface area (Å²) in [6.07, 6.45) is -3.39. The van der Waals surface area contributed by atoms with E-state index in [9.17, 15) is 18.0 Å². The summed E-state index contributed by atoms with van der Waals surface area (Å²) >= 11 is 3.39. The number of amides is 1. The normalized spacial score (nSPS) is 14.5. The van der Waals surface area contributed by atoms with E-state index in [0.29, 0.717) is 32.0 Å². The van der Waals surface area contributed by atoms with Crippen LogP contribution in [-0.4, -0.2) is 47.2 Å². The zero-order chi connectivity index (χ0) is 22.0. The highest BCUT2D eigenvalue weighted by molar-refractivity contribution is 9.10. The summed E-state index contributed by atoms with van der Waals surface area (Å²) in [6.45, 7) is 2.51. The summed E-state index contributed by atoms with van der Waals surface area (Å²) in [5.41, 5.74) is 0.178. The molecule has 4 rings (SSSR count). The van der Waals surface area contributed by atoms with E-state index in [4.69, 9.17) is 4.74 Å². The van der Waals surface area contributed by atoms with E-state index in [2.05, 4.69) is 36.5 Å². The first-order chi connectivity index (χ1) is 14.8. The number of ether oxygens (including phenoxy) is 1. The van der Waals surface area contributed by atoms with Crippen molar-refractivity contribution in [2.24, 2.45) is 0 Å². The Hall–Kier alpha value is -2.92. The molecule has 2 heterocycles. The van der Waals surface area contributed by atoms with Crippen molar-refractivity contribution in [3.8, 4) is 5.69 Å². The van der Waals surface area contributed by atoms with Crippen molar-refractivity contribution < 1.29 is 22.7 Å².